The van der Waals surface area contributed by atoms with Gasteiger partial charge in [0.25, 0.3) is 0 Å². The van der Waals surface area contributed by atoms with Crippen molar-refractivity contribution in [1.82, 2.24) is 10.2 Å². The van der Waals surface area contributed by atoms with E-state index < -0.39 is 6.09 Å². The second-order valence-electron chi connectivity index (χ2n) is 8.23. The molecule has 1 N–H and O–H groups in total. The molecule has 1 aromatic rings. The predicted octanol–water partition coefficient (Wildman–Crippen LogP) is 4.21. The summed E-state index contributed by atoms with van der Waals surface area (Å²) in [5, 5.41) is 13.1. The molecule has 4 fully saturated rings. The zero-order valence-electron chi connectivity index (χ0n) is 13.9. The number of aromatic nitrogens is 2. The first kappa shape index (κ1) is 15.4. The first-order valence-electron chi connectivity index (χ1n) is 8.80. The van der Waals surface area contributed by atoms with E-state index in [-0.39, 0.29) is 5.41 Å². The molecule has 0 spiro atoms. The predicted molar refractivity (Wildman–Crippen MR) is 89.6 cm³/mol. The summed E-state index contributed by atoms with van der Waals surface area (Å²) in [7, 11) is 0. The minimum atomic E-state index is -0.424. The molecule has 4 bridgehead atoms. The van der Waals surface area contributed by atoms with E-state index in [1.807, 2.05) is 13.8 Å². The summed E-state index contributed by atoms with van der Waals surface area (Å²) >= 11 is 1.55. The second kappa shape index (κ2) is 5.72. The average Bonchev–Trinajstić information content (AvgIpc) is 2.93. The van der Waals surface area contributed by atoms with Gasteiger partial charge in [0.05, 0.1) is 6.61 Å². The maximum atomic E-state index is 11.8. The van der Waals surface area contributed by atoms with Gasteiger partial charge in [-0.25, -0.2) is 4.79 Å². The SMILES string of the molecule is CC(C)COC(=O)Nc1nnc(C23CC4CC(CC(C4)C2)C3)s1. The van der Waals surface area contributed by atoms with Crippen LogP contribution in [-0.2, 0) is 10.2 Å². The van der Waals surface area contributed by atoms with Crippen molar-refractivity contribution in [3.63, 3.8) is 0 Å². The first-order chi connectivity index (χ1) is 11.0. The van der Waals surface area contributed by atoms with Gasteiger partial charge in [-0.15, -0.1) is 10.2 Å². The van der Waals surface area contributed by atoms with Crippen LogP contribution >= 0.6 is 11.3 Å². The molecule has 5 nitrogen and oxygen atoms in total. The molecule has 1 heterocycles. The maximum Gasteiger partial charge on any atom is 0.413 e. The summed E-state index contributed by atoms with van der Waals surface area (Å²) in [5.74, 6) is 2.99. The molecule has 0 aromatic carbocycles. The van der Waals surface area contributed by atoms with Crippen LogP contribution in [0.2, 0.25) is 0 Å². The molecule has 1 aromatic heterocycles. The lowest BCUT2D eigenvalue weighted by Crippen LogP contribution is -2.48. The van der Waals surface area contributed by atoms with Gasteiger partial charge < -0.3 is 4.74 Å². The number of anilines is 1. The Morgan fingerprint density at radius 1 is 1.22 bits per heavy atom. The van der Waals surface area contributed by atoms with E-state index in [1.165, 1.54) is 38.5 Å². The summed E-state index contributed by atoms with van der Waals surface area (Å²) in [6.45, 7) is 4.46. The number of rotatable bonds is 4. The van der Waals surface area contributed by atoms with Crippen LogP contribution in [0.25, 0.3) is 0 Å². The van der Waals surface area contributed by atoms with Gasteiger partial charge in [-0.2, -0.15) is 0 Å². The Bertz CT molecular complexity index is 563. The van der Waals surface area contributed by atoms with Crippen LogP contribution in [0.3, 0.4) is 0 Å². The molecule has 4 aliphatic carbocycles. The van der Waals surface area contributed by atoms with Gasteiger partial charge in [0.15, 0.2) is 0 Å². The number of hydrogen-bond donors (Lipinski definition) is 1. The summed E-state index contributed by atoms with van der Waals surface area (Å²) in [5.41, 5.74) is 0.244. The molecule has 0 unspecified atom stereocenters. The number of nitrogens with one attached hydrogen (secondary N) is 1. The molecule has 126 valence electrons. The molecule has 6 heteroatoms. The largest absolute Gasteiger partial charge is 0.449 e. The van der Waals surface area contributed by atoms with E-state index in [1.54, 1.807) is 11.3 Å². The van der Waals surface area contributed by atoms with Crippen molar-refractivity contribution in [3.05, 3.63) is 5.01 Å². The normalized spacial score (nSPS) is 34.8. The Labute approximate surface area is 141 Å². The third-order valence-corrected chi connectivity index (χ3v) is 6.76. The highest BCUT2D eigenvalue weighted by atomic mass is 32.1. The van der Waals surface area contributed by atoms with E-state index in [2.05, 4.69) is 15.5 Å². The number of nitrogens with zero attached hydrogens (tertiary/aromatic N) is 2. The number of carbonyl (C=O) groups excluding carboxylic acids is 1. The first-order valence-corrected chi connectivity index (χ1v) is 9.62. The fraction of sp³-hybridized carbons (Fsp3) is 0.824. The maximum absolute atomic E-state index is 11.8. The molecule has 4 aliphatic rings. The van der Waals surface area contributed by atoms with Crippen LogP contribution in [0.15, 0.2) is 0 Å². The molecule has 0 aliphatic heterocycles. The van der Waals surface area contributed by atoms with Gasteiger partial charge >= 0.3 is 6.09 Å². The monoisotopic (exact) mass is 335 g/mol. The summed E-state index contributed by atoms with van der Waals surface area (Å²) in [6, 6.07) is 0. The van der Waals surface area contributed by atoms with Gasteiger partial charge in [-0.3, -0.25) is 5.32 Å². The van der Waals surface area contributed by atoms with Crippen LogP contribution in [-0.4, -0.2) is 22.9 Å². The lowest BCUT2D eigenvalue weighted by Gasteiger charge is -2.55. The van der Waals surface area contributed by atoms with E-state index in [0.29, 0.717) is 17.7 Å². The quantitative estimate of drug-likeness (QED) is 0.895. The molecule has 4 saturated carbocycles. The molecular formula is C17H25N3O2S. The van der Waals surface area contributed by atoms with Crippen molar-refractivity contribution in [2.45, 2.75) is 57.8 Å². The highest BCUT2D eigenvalue weighted by Crippen LogP contribution is 2.61. The molecule has 23 heavy (non-hydrogen) atoms. The summed E-state index contributed by atoms with van der Waals surface area (Å²) in [4.78, 5) is 11.8. The van der Waals surface area contributed by atoms with Crippen molar-refractivity contribution < 1.29 is 9.53 Å². The lowest BCUT2D eigenvalue weighted by molar-refractivity contribution is -0.00555. The van der Waals surface area contributed by atoms with E-state index >= 15 is 0 Å². The Morgan fingerprint density at radius 2 is 1.83 bits per heavy atom. The fourth-order valence-corrected chi connectivity index (χ4v) is 6.17. The molecule has 0 saturated heterocycles. The van der Waals surface area contributed by atoms with Gasteiger partial charge in [-0.1, -0.05) is 25.2 Å². The highest BCUT2D eigenvalue weighted by Gasteiger charge is 2.53. The smallest absolute Gasteiger partial charge is 0.413 e. The van der Waals surface area contributed by atoms with Crippen molar-refractivity contribution in [2.24, 2.45) is 23.7 Å². The number of hydrogen-bond acceptors (Lipinski definition) is 5. The number of ether oxygens (including phenoxy) is 1. The minimum absolute atomic E-state index is 0.244. The van der Waals surface area contributed by atoms with Gasteiger partial charge in [0.1, 0.15) is 5.01 Å². The zero-order valence-corrected chi connectivity index (χ0v) is 14.7. The zero-order chi connectivity index (χ0) is 16.0. The van der Waals surface area contributed by atoms with Crippen molar-refractivity contribution >= 4 is 22.6 Å². The summed E-state index contributed by atoms with van der Waals surface area (Å²) in [6.07, 6.45) is 7.65. The molecule has 5 rings (SSSR count). The van der Waals surface area contributed by atoms with Crippen LogP contribution in [0, 0.1) is 23.7 Å². The van der Waals surface area contributed by atoms with Crippen molar-refractivity contribution in [2.75, 3.05) is 11.9 Å². The molecule has 0 radical (unpaired) electrons. The third-order valence-electron chi connectivity index (χ3n) is 5.67. The van der Waals surface area contributed by atoms with Crippen molar-refractivity contribution in [3.8, 4) is 0 Å². The van der Waals surface area contributed by atoms with E-state index in [0.717, 1.165) is 22.8 Å². The van der Waals surface area contributed by atoms with Crippen LogP contribution in [0.1, 0.15) is 57.4 Å². The Hall–Kier alpha value is -1.17. The van der Waals surface area contributed by atoms with E-state index in [9.17, 15) is 4.79 Å². The topological polar surface area (TPSA) is 64.1 Å². The Balaban J connectivity index is 1.45. The highest BCUT2D eigenvalue weighted by molar-refractivity contribution is 7.15. The van der Waals surface area contributed by atoms with Crippen LogP contribution < -0.4 is 5.32 Å². The fourth-order valence-electron chi connectivity index (χ4n) is 5.23. The number of carbonyl (C=O) groups is 1. The number of amides is 1. The van der Waals surface area contributed by atoms with Gasteiger partial charge in [0.2, 0.25) is 5.13 Å². The van der Waals surface area contributed by atoms with Gasteiger partial charge in [-0.05, 0) is 62.2 Å². The minimum Gasteiger partial charge on any atom is -0.449 e. The standard InChI is InChI=1S/C17H25N3O2S/c1-10(2)9-22-16(21)18-15-20-19-14(23-15)17-6-11-3-12(7-17)5-13(4-11)8-17/h10-13H,3-9H2,1-2H3,(H,18,20,21). The van der Waals surface area contributed by atoms with E-state index in [4.69, 9.17) is 4.74 Å². The third kappa shape index (κ3) is 2.97. The second-order valence-corrected chi connectivity index (χ2v) is 9.21. The Morgan fingerprint density at radius 3 is 2.39 bits per heavy atom. The average molecular weight is 335 g/mol. The van der Waals surface area contributed by atoms with Crippen LogP contribution in [0.5, 0.6) is 0 Å². The Kier molecular flexibility index (Phi) is 3.82. The van der Waals surface area contributed by atoms with Crippen molar-refractivity contribution in [1.29, 1.82) is 0 Å². The molecule has 1 amide bonds. The van der Waals surface area contributed by atoms with Gasteiger partial charge in [0, 0.05) is 5.41 Å². The molecule has 0 atom stereocenters. The summed E-state index contributed by atoms with van der Waals surface area (Å²) < 4.78 is 5.15. The molecular weight excluding hydrogens is 310 g/mol. The van der Waals surface area contributed by atoms with Crippen LogP contribution in [0.4, 0.5) is 9.93 Å². The lowest BCUT2D eigenvalue weighted by atomic mass is 9.50.